The van der Waals surface area contributed by atoms with E-state index < -0.39 is 148 Å². The number of ether oxygens (including phenoxy) is 3. The monoisotopic (exact) mass is 1860 g/mol. The number of hydrogen-bond acceptors (Lipinski definition) is 29. The minimum Gasteiger partial charge on any atom is -0.477 e. The van der Waals surface area contributed by atoms with Crippen LogP contribution < -0.4 is 31.1 Å². The highest BCUT2D eigenvalue weighted by atomic mass is 35.5. The van der Waals surface area contributed by atoms with Crippen LogP contribution in [0, 0.1) is 112 Å². The quantitative estimate of drug-likeness (QED) is 0.0109. The van der Waals surface area contributed by atoms with Crippen molar-refractivity contribution >= 4 is 92.9 Å². The number of aromatic amines is 2. The summed E-state index contributed by atoms with van der Waals surface area (Å²) in [6, 6.07) is 35.8. The maximum Gasteiger partial charge on any atom is 0.573 e. The summed E-state index contributed by atoms with van der Waals surface area (Å²) in [5.41, 5.74) is 4.06. The number of alkyl halides is 6. The largest absolute Gasteiger partial charge is 0.573 e. The van der Waals surface area contributed by atoms with Gasteiger partial charge >= 0.3 is 35.6 Å². The van der Waals surface area contributed by atoms with Crippen molar-refractivity contribution in [1.82, 2.24) is 44.9 Å². The number of nitro groups is 6. The molecule has 0 bridgehead atoms. The summed E-state index contributed by atoms with van der Waals surface area (Å²) in [5.74, 6) is -12.0. The smallest absolute Gasteiger partial charge is 0.477 e. The van der Waals surface area contributed by atoms with Gasteiger partial charge < -0.3 is 35.0 Å². The fraction of sp³-hybridized carbons (Fsp3) is 0.138. The number of ketones is 2. The van der Waals surface area contributed by atoms with Gasteiger partial charge in [-0.15, -0.1) is 26.3 Å². The van der Waals surface area contributed by atoms with Crippen molar-refractivity contribution in [2.24, 2.45) is 0 Å². The molecule has 2 atom stereocenters. The lowest BCUT2D eigenvalue weighted by molar-refractivity contribution is -0.386. The van der Waals surface area contributed by atoms with Crippen molar-refractivity contribution in [2.45, 2.75) is 71.7 Å². The molecule has 3 aromatic carbocycles. The molecule has 0 aliphatic heterocycles. The van der Waals surface area contributed by atoms with Gasteiger partial charge in [-0.2, -0.15) is 0 Å². The number of Topliss-reactive ketones (excluding diaryl/α,β-unsaturated/α-hetero) is 2. The molecular formula is C80H60Cl2F10N16O22. The lowest BCUT2D eigenvalue weighted by Gasteiger charge is -2.18. The van der Waals surface area contributed by atoms with E-state index in [9.17, 15) is 133 Å². The first-order valence-electron chi connectivity index (χ1n) is 35.8. The zero-order valence-corrected chi connectivity index (χ0v) is 68.0. The van der Waals surface area contributed by atoms with Crippen molar-refractivity contribution < 1.29 is 112 Å². The predicted molar refractivity (Wildman–Crippen MR) is 438 cm³/mol. The molecule has 38 nitrogen and oxygen atoms in total. The van der Waals surface area contributed by atoms with Gasteiger partial charge in [0.2, 0.25) is 0 Å². The van der Waals surface area contributed by atoms with E-state index in [4.69, 9.17) is 38.8 Å². The summed E-state index contributed by atoms with van der Waals surface area (Å²) >= 11 is 10.8. The number of hydrogen-bond donors (Lipinski definition) is 4. The van der Waals surface area contributed by atoms with Gasteiger partial charge in [-0.3, -0.25) is 94.6 Å². The standard InChI is InChI=1S/C27H18F5N3O5.C20H14F5N3O3.C8H8N2O2.C7H6N2O4.C7H6N2O3.C6H5ClN2O2.C5H3ClN2O3/c28-19-7-4-12-33-25(19)18(17-8-11-24(20(29)13-17)40-27(30,31)32)14-23(36)21-9-10-22(35(37)38)26(34-21)39-15-16-5-2-1-3-6-16;21-12-2-1-7-27-18(12)11(9-16(29)15-5-4-14(26)19(30)28-15)10-3-6-17(13(22)8-10)31-20(23,24)25;1-3-7-4-5-8(10(11)12)6(2)9-7;1-4-6(9(12)13)3-2-5(8-4)7(10)11;1-5-7(9(11)12)3-2-6(4-10)8-5;1-4-5(9(10)11)2-3-6(7)8-4;6-4-2-1-3(8(10)11)5(9)7-4/h1-13,18H,14-15H2;1-8,11H,9,26H2,(H,28,30);3-5H,1H2,2H3;2-3H,1H3,(H,10,11);2-4H,1H3;2-3H,1H3;1-2H,(H,7,9)/t18-;11-;;;;;/m00...../s1. The molecule has 0 fully saturated rings. The van der Waals surface area contributed by atoms with E-state index in [0.717, 1.165) is 60.7 Å². The summed E-state index contributed by atoms with van der Waals surface area (Å²) in [6.07, 6.45) is -6.69. The third-order valence-corrected chi connectivity index (χ3v) is 17.0. The van der Waals surface area contributed by atoms with E-state index in [1.54, 1.807) is 56.3 Å². The van der Waals surface area contributed by atoms with Crippen LogP contribution in [0.4, 0.5) is 83.7 Å². The number of aryl methyl sites for hydroxylation is 4. The Hall–Kier alpha value is -16.7. The van der Waals surface area contributed by atoms with Crippen molar-refractivity contribution in [3.05, 3.63) is 389 Å². The second-order valence-electron chi connectivity index (χ2n) is 25.4. The number of carbonyl (C=O) groups is 4. The second-order valence-corrected chi connectivity index (χ2v) is 26.2. The number of carbonyl (C=O) groups excluding carboxylic acids is 3. The first-order chi connectivity index (χ1) is 61.1. The second kappa shape index (κ2) is 46.9. The summed E-state index contributed by atoms with van der Waals surface area (Å²) in [7, 11) is 0. The third kappa shape index (κ3) is 30.9. The fourth-order valence-electron chi connectivity index (χ4n) is 10.6. The summed E-state index contributed by atoms with van der Waals surface area (Å²) in [6.45, 7) is 9.46. The lowest BCUT2D eigenvalue weighted by atomic mass is 9.89. The van der Waals surface area contributed by atoms with Gasteiger partial charge in [-0.05, 0) is 148 Å². The number of nitrogens with two attached hydrogens (primary N) is 1. The van der Waals surface area contributed by atoms with Gasteiger partial charge in [0, 0.05) is 73.5 Å². The molecule has 12 rings (SSSR count). The number of carboxylic acids is 1. The Morgan fingerprint density at radius 3 is 1.34 bits per heavy atom. The number of rotatable bonds is 24. The summed E-state index contributed by atoms with van der Waals surface area (Å²) in [4.78, 5) is 159. The SMILES string of the molecule is C=Cc1ccc([N+](=O)[O-])c(C)n1.Cc1nc(C(=O)O)ccc1[N+](=O)[O-].Cc1nc(C=O)ccc1[N+](=O)[O-].Cc1nc(Cl)ccc1[N+](=O)[O-].Nc1ccc(C(=O)C[C@@H](c2ccc(OC(F)(F)F)c(F)c2)c2ncccc2F)[nH]c1=O.O=C(C[C@@H](c1ccc(OC(F)(F)F)c(F)c1)c1ncccc1F)c1ccc([N+](=O)[O-])c(OCc2ccccc2)n1.O=c1[nH]c(Cl)ccc1[N+](=O)[O-]. The number of carboxylic acid groups (broad SMARTS) is 1. The molecule has 12 aromatic rings. The molecule has 0 saturated carbocycles. The molecular weight excluding hydrogens is 1800 g/mol. The molecule has 0 amide bonds. The van der Waals surface area contributed by atoms with Crippen LogP contribution in [0.1, 0.15) is 123 Å². The number of benzene rings is 3. The van der Waals surface area contributed by atoms with Gasteiger partial charge in [-0.1, -0.05) is 72.2 Å². The molecule has 9 aromatic heterocycles. The number of nitrogens with zero attached hydrogens (tertiary/aromatic N) is 13. The minimum absolute atomic E-state index is 0.00519. The molecule has 0 saturated heterocycles. The van der Waals surface area contributed by atoms with Crippen molar-refractivity contribution in [3.63, 3.8) is 0 Å². The normalized spacial score (nSPS) is 11.0. The zero-order valence-electron chi connectivity index (χ0n) is 66.5. The van der Waals surface area contributed by atoms with Crippen LogP contribution in [0.25, 0.3) is 6.08 Å². The predicted octanol–water partition coefficient (Wildman–Crippen LogP) is 17.4. The van der Waals surface area contributed by atoms with Crippen molar-refractivity contribution in [1.29, 1.82) is 0 Å². The highest BCUT2D eigenvalue weighted by Gasteiger charge is 2.36. The van der Waals surface area contributed by atoms with E-state index >= 15 is 0 Å². The Labute approximate surface area is 730 Å². The zero-order chi connectivity index (χ0) is 96.8. The van der Waals surface area contributed by atoms with Crippen LogP contribution in [0.3, 0.4) is 0 Å². The van der Waals surface area contributed by atoms with E-state index in [2.05, 4.69) is 60.9 Å². The molecule has 130 heavy (non-hydrogen) atoms. The van der Waals surface area contributed by atoms with Gasteiger partial charge in [0.05, 0.1) is 58.0 Å². The molecule has 5 N–H and O–H groups in total. The summed E-state index contributed by atoms with van der Waals surface area (Å²) in [5, 5.41) is 71.7. The molecule has 9 heterocycles. The lowest BCUT2D eigenvalue weighted by Crippen LogP contribution is -2.19. The molecule has 0 aliphatic carbocycles. The number of H-pyrrole nitrogens is 2. The molecule has 0 spiro atoms. The number of nitrogens with one attached hydrogen (secondary N) is 2. The van der Waals surface area contributed by atoms with E-state index in [1.165, 1.54) is 86.9 Å². The molecule has 0 radical (unpaired) electrons. The number of aldehydes is 1. The van der Waals surface area contributed by atoms with Crippen LogP contribution in [0.15, 0.2) is 204 Å². The van der Waals surface area contributed by atoms with Crippen LogP contribution in [0.5, 0.6) is 17.4 Å². The number of aromatic carboxylic acids is 1. The first kappa shape index (κ1) is 102. The minimum atomic E-state index is -5.15. The number of pyridine rings is 9. The number of halogens is 12. The number of anilines is 1. The molecule has 676 valence electrons. The maximum atomic E-state index is 14.7. The topological polar surface area (TPSA) is 557 Å². The summed E-state index contributed by atoms with van der Waals surface area (Å²) < 4.78 is 145. The Morgan fingerprint density at radius 2 is 0.923 bits per heavy atom. The number of nitrogen functional groups attached to an aromatic ring is 1. The fourth-order valence-corrected chi connectivity index (χ4v) is 10.9. The molecule has 0 aliphatic rings. The molecule has 0 unspecified atom stereocenters. The van der Waals surface area contributed by atoms with E-state index in [-0.39, 0.29) is 102 Å². The van der Waals surface area contributed by atoms with Crippen LogP contribution in [-0.4, -0.2) is 116 Å². The average molecular weight is 1860 g/mol. The maximum absolute atomic E-state index is 14.7. The molecule has 50 heteroatoms. The Bertz CT molecular complexity index is 6300. The van der Waals surface area contributed by atoms with E-state index in [0.29, 0.717) is 47.1 Å². The van der Waals surface area contributed by atoms with Gasteiger partial charge in [0.25, 0.3) is 34.2 Å². The van der Waals surface area contributed by atoms with Crippen LogP contribution in [-0.2, 0) is 6.61 Å². The van der Waals surface area contributed by atoms with Crippen molar-refractivity contribution in [3.8, 4) is 17.4 Å². The van der Waals surface area contributed by atoms with Gasteiger partial charge in [-0.25, -0.2) is 47.3 Å². The van der Waals surface area contributed by atoms with E-state index in [1.807, 2.05) is 0 Å². The average Bonchev–Trinajstić information content (AvgIpc) is 0.798. The Morgan fingerprint density at radius 1 is 0.492 bits per heavy atom. The number of aromatic nitrogens is 9. The van der Waals surface area contributed by atoms with Gasteiger partial charge in [0.15, 0.2) is 41.0 Å². The van der Waals surface area contributed by atoms with Crippen molar-refractivity contribution in [2.75, 3.05) is 5.73 Å². The van der Waals surface area contributed by atoms with Crippen LogP contribution in [0.2, 0.25) is 10.3 Å². The third-order valence-electron chi connectivity index (χ3n) is 16.6. The highest BCUT2D eigenvalue weighted by molar-refractivity contribution is 6.29. The van der Waals surface area contributed by atoms with Gasteiger partial charge in [0.1, 0.15) is 68.4 Å². The van der Waals surface area contributed by atoms with Crippen LogP contribution >= 0.6 is 23.2 Å². The Balaban J connectivity index is 0.000000253. The first-order valence-corrected chi connectivity index (χ1v) is 36.5. The highest BCUT2D eigenvalue weighted by Crippen LogP contribution is 2.37. The Kier molecular flexibility index (Phi) is 36.8.